The van der Waals surface area contributed by atoms with Crippen molar-refractivity contribution in [3.8, 4) is 5.75 Å². The van der Waals surface area contributed by atoms with Crippen LogP contribution in [0.1, 0.15) is 37.5 Å². The summed E-state index contributed by atoms with van der Waals surface area (Å²) < 4.78 is 0. The third-order valence-corrected chi connectivity index (χ3v) is 2.25. The monoisotopic (exact) mass is 214 g/mol. The molecule has 1 rings (SSSR count). The highest BCUT2D eigenvalue weighted by Crippen LogP contribution is 2.27. The molecule has 0 aliphatic rings. The van der Waals surface area contributed by atoms with E-state index < -0.39 is 0 Å². The molecule has 1 nitrogen and oxygen atoms in total. The zero-order valence-electron chi connectivity index (χ0n) is 10.1. The van der Waals surface area contributed by atoms with E-state index in [0.717, 1.165) is 16.7 Å². The summed E-state index contributed by atoms with van der Waals surface area (Å²) in [6.07, 6.45) is 11.8. The molecule has 0 amide bonds. The van der Waals surface area contributed by atoms with Crippen LogP contribution in [0.25, 0.3) is 18.2 Å². The standard InChI is InChI=1S/C15H18O/c1-4-7-12-10-13(8-5-2)14(9-6-3)15(16)11-12/h4-11,16H,1-3H3/b7-4+,8-5+,9-6+. The Balaban J connectivity index is 3.38. The molecule has 0 spiro atoms. The Labute approximate surface area is 97.4 Å². The highest BCUT2D eigenvalue weighted by atomic mass is 16.3. The number of phenols is 1. The molecule has 0 aliphatic carbocycles. The largest absolute Gasteiger partial charge is 0.507 e. The van der Waals surface area contributed by atoms with Gasteiger partial charge < -0.3 is 5.11 Å². The van der Waals surface area contributed by atoms with Crippen molar-refractivity contribution in [2.24, 2.45) is 0 Å². The summed E-state index contributed by atoms with van der Waals surface area (Å²) in [6, 6.07) is 3.84. The second kappa shape index (κ2) is 5.96. The molecule has 0 heterocycles. The van der Waals surface area contributed by atoms with Gasteiger partial charge in [-0.15, -0.1) is 0 Å². The second-order valence-electron chi connectivity index (χ2n) is 3.54. The van der Waals surface area contributed by atoms with E-state index in [1.165, 1.54) is 0 Å². The fourth-order valence-electron chi connectivity index (χ4n) is 1.64. The molecule has 1 N–H and O–H groups in total. The zero-order chi connectivity index (χ0) is 12.0. The van der Waals surface area contributed by atoms with Crippen molar-refractivity contribution in [2.75, 3.05) is 0 Å². The Morgan fingerprint density at radius 1 is 0.875 bits per heavy atom. The number of rotatable bonds is 3. The van der Waals surface area contributed by atoms with Crippen molar-refractivity contribution in [1.82, 2.24) is 0 Å². The van der Waals surface area contributed by atoms with E-state index in [1.54, 1.807) is 6.07 Å². The van der Waals surface area contributed by atoms with Gasteiger partial charge in [0.05, 0.1) is 0 Å². The van der Waals surface area contributed by atoms with Gasteiger partial charge >= 0.3 is 0 Å². The molecule has 0 bridgehead atoms. The van der Waals surface area contributed by atoms with Crippen molar-refractivity contribution in [1.29, 1.82) is 0 Å². The average molecular weight is 214 g/mol. The van der Waals surface area contributed by atoms with E-state index in [0.29, 0.717) is 5.75 Å². The lowest BCUT2D eigenvalue weighted by molar-refractivity contribution is 0.474. The summed E-state index contributed by atoms with van der Waals surface area (Å²) in [4.78, 5) is 0. The molecule has 0 radical (unpaired) electrons. The van der Waals surface area contributed by atoms with Crippen molar-refractivity contribution < 1.29 is 5.11 Å². The predicted molar refractivity (Wildman–Crippen MR) is 72.2 cm³/mol. The number of benzene rings is 1. The first-order chi connectivity index (χ1) is 7.72. The molecule has 1 aromatic carbocycles. The zero-order valence-corrected chi connectivity index (χ0v) is 10.1. The molecule has 0 aliphatic heterocycles. The van der Waals surface area contributed by atoms with Crippen LogP contribution in [0.4, 0.5) is 0 Å². The SMILES string of the molecule is C/C=C/c1cc(O)c(/C=C/C)c(/C=C/C)c1. The van der Waals surface area contributed by atoms with Gasteiger partial charge in [-0.1, -0.05) is 36.5 Å². The number of hydrogen-bond acceptors (Lipinski definition) is 1. The van der Waals surface area contributed by atoms with Gasteiger partial charge in [-0.25, -0.2) is 0 Å². The summed E-state index contributed by atoms with van der Waals surface area (Å²) in [7, 11) is 0. The summed E-state index contributed by atoms with van der Waals surface area (Å²) in [6.45, 7) is 5.88. The third-order valence-electron chi connectivity index (χ3n) is 2.25. The Kier molecular flexibility index (Phi) is 4.59. The molecule has 0 saturated heterocycles. The molecule has 1 aromatic rings. The highest BCUT2D eigenvalue weighted by Gasteiger charge is 2.04. The van der Waals surface area contributed by atoms with Crippen LogP contribution < -0.4 is 0 Å². The maximum atomic E-state index is 9.94. The van der Waals surface area contributed by atoms with Crippen molar-refractivity contribution in [2.45, 2.75) is 20.8 Å². The topological polar surface area (TPSA) is 20.2 Å². The van der Waals surface area contributed by atoms with Crippen molar-refractivity contribution in [3.05, 3.63) is 47.1 Å². The average Bonchev–Trinajstić information content (AvgIpc) is 2.24. The van der Waals surface area contributed by atoms with Gasteiger partial charge in [0.25, 0.3) is 0 Å². The van der Waals surface area contributed by atoms with E-state index in [4.69, 9.17) is 0 Å². The summed E-state index contributed by atoms with van der Waals surface area (Å²) in [5.41, 5.74) is 2.92. The van der Waals surface area contributed by atoms with Gasteiger partial charge in [0.2, 0.25) is 0 Å². The van der Waals surface area contributed by atoms with Crippen LogP contribution in [-0.4, -0.2) is 5.11 Å². The molecule has 0 unspecified atom stereocenters. The Morgan fingerprint density at radius 2 is 1.50 bits per heavy atom. The van der Waals surface area contributed by atoms with Gasteiger partial charge in [0.15, 0.2) is 0 Å². The first kappa shape index (κ1) is 12.3. The van der Waals surface area contributed by atoms with Crippen LogP contribution >= 0.6 is 0 Å². The summed E-state index contributed by atoms with van der Waals surface area (Å²) >= 11 is 0. The quantitative estimate of drug-likeness (QED) is 0.785. The van der Waals surface area contributed by atoms with Crippen LogP contribution in [0.15, 0.2) is 30.4 Å². The number of phenolic OH excluding ortho intramolecular Hbond substituents is 1. The molecule has 0 saturated carbocycles. The van der Waals surface area contributed by atoms with E-state index in [1.807, 2.05) is 57.2 Å². The lowest BCUT2D eigenvalue weighted by atomic mass is 10.0. The van der Waals surface area contributed by atoms with Crippen LogP contribution in [0, 0.1) is 0 Å². The number of aromatic hydroxyl groups is 1. The van der Waals surface area contributed by atoms with Crippen molar-refractivity contribution >= 4 is 18.2 Å². The van der Waals surface area contributed by atoms with Gasteiger partial charge in [-0.05, 0) is 44.0 Å². The van der Waals surface area contributed by atoms with Gasteiger partial charge in [-0.3, -0.25) is 0 Å². The van der Waals surface area contributed by atoms with Crippen LogP contribution in [0.5, 0.6) is 5.75 Å². The maximum Gasteiger partial charge on any atom is 0.123 e. The van der Waals surface area contributed by atoms with Gasteiger partial charge in [0.1, 0.15) is 5.75 Å². The minimum absolute atomic E-state index is 0.321. The van der Waals surface area contributed by atoms with Crippen LogP contribution in [0.3, 0.4) is 0 Å². The molecule has 0 fully saturated rings. The molecular formula is C15H18O. The normalized spacial score (nSPS) is 12.2. The second-order valence-corrected chi connectivity index (χ2v) is 3.54. The lowest BCUT2D eigenvalue weighted by Crippen LogP contribution is -1.85. The van der Waals surface area contributed by atoms with Crippen molar-refractivity contribution in [3.63, 3.8) is 0 Å². The Bertz CT molecular complexity index is 437. The Morgan fingerprint density at radius 3 is 2.06 bits per heavy atom. The van der Waals surface area contributed by atoms with Crippen LogP contribution in [0.2, 0.25) is 0 Å². The predicted octanol–water partition coefficient (Wildman–Crippen LogP) is 4.49. The molecule has 0 aromatic heterocycles. The minimum Gasteiger partial charge on any atom is -0.507 e. The number of hydrogen-bond donors (Lipinski definition) is 1. The smallest absolute Gasteiger partial charge is 0.123 e. The molecule has 1 heteroatoms. The Hall–Kier alpha value is -1.76. The van der Waals surface area contributed by atoms with Crippen LogP contribution in [-0.2, 0) is 0 Å². The maximum absolute atomic E-state index is 9.94. The van der Waals surface area contributed by atoms with E-state index >= 15 is 0 Å². The van der Waals surface area contributed by atoms with E-state index in [9.17, 15) is 5.11 Å². The van der Waals surface area contributed by atoms with E-state index in [-0.39, 0.29) is 0 Å². The number of allylic oxidation sites excluding steroid dienone is 3. The first-order valence-electron chi connectivity index (χ1n) is 5.48. The van der Waals surface area contributed by atoms with Gasteiger partial charge in [0, 0.05) is 5.56 Å². The molecule has 16 heavy (non-hydrogen) atoms. The summed E-state index contributed by atoms with van der Waals surface area (Å²) in [5.74, 6) is 0.321. The fourth-order valence-corrected chi connectivity index (χ4v) is 1.64. The van der Waals surface area contributed by atoms with E-state index in [2.05, 4.69) is 6.07 Å². The molecular weight excluding hydrogens is 196 g/mol. The third kappa shape index (κ3) is 2.86. The fraction of sp³-hybridized carbons (Fsp3) is 0.200. The first-order valence-corrected chi connectivity index (χ1v) is 5.48. The molecule has 84 valence electrons. The highest BCUT2D eigenvalue weighted by molar-refractivity contribution is 5.73. The van der Waals surface area contributed by atoms with Gasteiger partial charge in [-0.2, -0.15) is 0 Å². The minimum atomic E-state index is 0.321. The lowest BCUT2D eigenvalue weighted by Gasteiger charge is -2.06. The summed E-state index contributed by atoms with van der Waals surface area (Å²) in [5, 5.41) is 9.94. The molecule has 0 atom stereocenters.